The van der Waals surface area contributed by atoms with Crippen LogP contribution in [-0.4, -0.2) is 16.0 Å². The highest BCUT2D eigenvalue weighted by Gasteiger charge is 2.36. The van der Waals surface area contributed by atoms with Crippen molar-refractivity contribution in [3.05, 3.63) is 0 Å². The molecule has 100 valence electrons. The normalized spacial score (nSPS) is 13.1. The van der Waals surface area contributed by atoms with Crippen LogP contribution < -0.4 is 0 Å². The van der Waals surface area contributed by atoms with Crippen LogP contribution in [0.25, 0.3) is 0 Å². The van der Waals surface area contributed by atoms with Crippen molar-refractivity contribution in [1.29, 1.82) is 0 Å². The van der Waals surface area contributed by atoms with Gasteiger partial charge in [0, 0.05) is 5.41 Å². The third-order valence-corrected chi connectivity index (χ3v) is 2.44. The molecular weight excluding hydrogens is 200 g/mol. The Labute approximate surface area is 102 Å². The monoisotopic (exact) mass is 232 g/mol. The maximum Gasteiger partial charge on any atom is 0.164 e. The summed E-state index contributed by atoms with van der Waals surface area (Å²) in [5.41, 5.74) is 0.100. The van der Waals surface area contributed by atoms with E-state index < -0.39 is 11.2 Å². The molecule has 0 fully saturated rings. The zero-order chi connectivity index (χ0) is 13.6. The Morgan fingerprint density at radius 3 is 1.31 bits per heavy atom. The van der Waals surface area contributed by atoms with Gasteiger partial charge in [0.15, 0.2) is 5.79 Å². The van der Waals surface area contributed by atoms with E-state index in [0.717, 1.165) is 19.3 Å². The number of rotatable bonds is 4. The van der Waals surface area contributed by atoms with Gasteiger partial charge >= 0.3 is 0 Å². The van der Waals surface area contributed by atoms with Crippen LogP contribution in [0.1, 0.15) is 74.7 Å². The van der Waals surface area contributed by atoms with Crippen molar-refractivity contribution in [2.75, 3.05) is 0 Å². The fourth-order valence-electron chi connectivity index (χ4n) is 0.856. The Bertz CT molecular complexity index is 164. The lowest BCUT2D eigenvalue weighted by Gasteiger charge is -2.35. The van der Waals surface area contributed by atoms with Crippen LogP contribution >= 0.6 is 0 Å². The molecule has 2 N–H and O–H groups in total. The molecule has 0 amide bonds. The average Bonchev–Trinajstić information content (AvgIpc) is 1.95. The van der Waals surface area contributed by atoms with Crippen LogP contribution in [-0.2, 0) is 0 Å². The first kappa shape index (κ1) is 18.3. The van der Waals surface area contributed by atoms with Gasteiger partial charge in [0.25, 0.3) is 0 Å². The molecule has 0 saturated carbocycles. The second-order valence-corrected chi connectivity index (χ2v) is 7.01. The van der Waals surface area contributed by atoms with E-state index in [2.05, 4.69) is 34.6 Å². The van der Waals surface area contributed by atoms with Gasteiger partial charge in [0.2, 0.25) is 0 Å². The third kappa shape index (κ3) is 12.0. The Hall–Kier alpha value is -0.0800. The molecule has 0 aliphatic heterocycles. The van der Waals surface area contributed by atoms with Crippen LogP contribution in [0.3, 0.4) is 0 Å². The van der Waals surface area contributed by atoms with Gasteiger partial charge in [-0.3, -0.25) is 0 Å². The summed E-state index contributed by atoms with van der Waals surface area (Å²) in [4.78, 5) is 0. The number of aliphatic hydroxyl groups is 2. The van der Waals surface area contributed by atoms with E-state index in [-0.39, 0.29) is 0 Å². The molecule has 2 heteroatoms. The lowest BCUT2D eigenvalue weighted by Crippen LogP contribution is -2.41. The van der Waals surface area contributed by atoms with Gasteiger partial charge in [0.05, 0.1) is 0 Å². The number of unbranched alkanes of at least 4 members (excludes halogenated alkanes) is 1. The van der Waals surface area contributed by atoms with Crippen molar-refractivity contribution in [2.45, 2.75) is 80.4 Å². The molecule has 0 aromatic carbocycles. The molecule has 0 unspecified atom stereocenters. The minimum Gasteiger partial charge on any atom is -0.365 e. The zero-order valence-corrected chi connectivity index (χ0v) is 12.5. The summed E-state index contributed by atoms with van der Waals surface area (Å²) in [6, 6.07) is 0. The largest absolute Gasteiger partial charge is 0.365 e. The lowest BCUT2D eigenvalue weighted by molar-refractivity contribution is -0.221. The van der Waals surface area contributed by atoms with Crippen molar-refractivity contribution >= 4 is 0 Å². The molecule has 16 heavy (non-hydrogen) atoms. The zero-order valence-electron chi connectivity index (χ0n) is 12.5. The van der Waals surface area contributed by atoms with E-state index >= 15 is 0 Å². The van der Waals surface area contributed by atoms with E-state index in [1.54, 1.807) is 0 Å². The summed E-state index contributed by atoms with van der Waals surface area (Å²) in [6.45, 7) is 16.1. The van der Waals surface area contributed by atoms with E-state index in [0.29, 0.717) is 5.41 Å². The molecule has 0 aliphatic rings. The van der Waals surface area contributed by atoms with Crippen molar-refractivity contribution in [3.63, 3.8) is 0 Å². The van der Waals surface area contributed by atoms with E-state index in [9.17, 15) is 10.2 Å². The van der Waals surface area contributed by atoms with E-state index in [1.807, 2.05) is 13.8 Å². The summed E-state index contributed by atoms with van der Waals surface area (Å²) >= 11 is 0. The van der Waals surface area contributed by atoms with Gasteiger partial charge in [-0.1, -0.05) is 61.3 Å². The van der Waals surface area contributed by atoms with Crippen molar-refractivity contribution in [1.82, 2.24) is 0 Å². The molecule has 0 aromatic heterocycles. The highest BCUT2D eigenvalue weighted by atomic mass is 16.5. The molecule has 0 rings (SSSR count). The Morgan fingerprint density at radius 1 is 0.812 bits per heavy atom. The fourth-order valence-corrected chi connectivity index (χ4v) is 0.856. The predicted octanol–water partition coefficient (Wildman–Crippen LogP) is 3.96. The summed E-state index contributed by atoms with van der Waals surface area (Å²) in [5, 5.41) is 18.7. The molecule has 0 radical (unpaired) electrons. The Kier molecular flexibility index (Phi) is 7.55. The first-order valence-corrected chi connectivity index (χ1v) is 6.26. The highest BCUT2D eigenvalue weighted by molar-refractivity contribution is 4.79. The van der Waals surface area contributed by atoms with Crippen LogP contribution in [0.15, 0.2) is 0 Å². The maximum absolute atomic E-state index is 9.33. The van der Waals surface area contributed by atoms with Crippen molar-refractivity contribution in [2.24, 2.45) is 10.8 Å². The molecule has 0 saturated heterocycles. The second kappa shape index (κ2) is 6.61. The van der Waals surface area contributed by atoms with E-state index in [1.165, 1.54) is 6.92 Å². The van der Waals surface area contributed by atoms with Crippen molar-refractivity contribution in [3.8, 4) is 0 Å². The standard InChI is InChI=1S/C9H20O2.C5H12/c1-5-6-7-8(2,3)9(4,10)11;1-5(2,3)4/h10-11H,5-7H2,1-4H3;1-4H3. The van der Waals surface area contributed by atoms with Gasteiger partial charge in [-0.2, -0.15) is 0 Å². The Morgan fingerprint density at radius 2 is 1.12 bits per heavy atom. The molecule has 0 aliphatic carbocycles. The molecule has 0 atom stereocenters. The SMILES string of the molecule is CC(C)(C)C.CCCCC(C)(C)C(C)(O)O. The number of hydrogen-bond donors (Lipinski definition) is 2. The smallest absolute Gasteiger partial charge is 0.164 e. The van der Waals surface area contributed by atoms with Crippen LogP contribution in [0, 0.1) is 10.8 Å². The van der Waals surface area contributed by atoms with Crippen LogP contribution in [0.2, 0.25) is 0 Å². The van der Waals surface area contributed by atoms with Crippen molar-refractivity contribution < 1.29 is 10.2 Å². The first-order valence-electron chi connectivity index (χ1n) is 6.26. The molecule has 0 spiro atoms. The summed E-state index contributed by atoms with van der Waals surface area (Å²) < 4.78 is 0. The van der Waals surface area contributed by atoms with Crippen LogP contribution in [0.4, 0.5) is 0 Å². The molecular formula is C14H32O2. The molecule has 2 nitrogen and oxygen atoms in total. The van der Waals surface area contributed by atoms with Gasteiger partial charge in [0.1, 0.15) is 0 Å². The summed E-state index contributed by atoms with van der Waals surface area (Å²) in [6.07, 6.45) is 3.00. The van der Waals surface area contributed by atoms with Gasteiger partial charge in [-0.15, -0.1) is 0 Å². The topological polar surface area (TPSA) is 40.5 Å². The van der Waals surface area contributed by atoms with Gasteiger partial charge in [-0.05, 0) is 18.8 Å². The first-order chi connectivity index (χ1) is 6.81. The fraction of sp³-hybridized carbons (Fsp3) is 1.00. The minimum absolute atomic E-state index is 0.400. The van der Waals surface area contributed by atoms with Gasteiger partial charge in [-0.25, -0.2) is 0 Å². The van der Waals surface area contributed by atoms with Gasteiger partial charge < -0.3 is 10.2 Å². The molecule has 0 bridgehead atoms. The number of hydrogen-bond acceptors (Lipinski definition) is 2. The average molecular weight is 232 g/mol. The summed E-state index contributed by atoms with van der Waals surface area (Å²) in [7, 11) is 0. The minimum atomic E-state index is -1.55. The Balaban J connectivity index is 0. The summed E-state index contributed by atoms with van der Waals surface area (Å²) in [5.74, 6) is -1.55. The van der Waals surface area contributed by atoms with E-state index in [4.69, 9.17) is 0 Å². The highest BCUT2D eigenvalue weighted by Crippen LogP contribution is 2.33. The quantitative estimate of drug-likeness (QED) is 0.720. The molecule has 0 heterocycles. The predicted molar refractivity (Wildman–Crippen MR) is 71.3 cm³/mol. The third-order valence-electron chi connectivity index (χ3n) is 2.44. The maximum atomic E-state index is 9.33. The second-order valence-electron chi connectivity index (χ2n) is 7.01. The lowest BCUT2D eigenvalue weighted by atomic mass is 9.80. The molecule has 0 aromatic rings. The van der Waals surface area contributed by atoms with Crippen LogP contribution in [0.5, 0.6) is 0 Å².